The van der Waals surface area contributed by atoms with Crippen LogP contribution in [0.2, 0.25) is 0 Å². The fraction of sp³-hybridized carbons (Fsp3) is 0.600. The van der Waals surface area contributed by atoms with E-state index < -0.39 is 0 Å². The quantitative estimate of drug-likeness (QED) is 0.832. The van der Waals surface area contributed by atoms with E-state index in [1.165, 1.54) is 6.07 Å². The minimum atomic E-state index is -0.138. The van der Waals surface area contributed by atoms with Gasteiger partial charge in [0.25, 0.3) is 0 Å². The Morgan fingerprint density at radius 1 is 1.28 bits per heavy atom. The van der Waals surface area contributed by atoms with Gasteiger partial charge in [0.05, 0.1) is 5.69 Å². The van der Waals surface area contributed by atoms with Crippen LogP contribution in [0.5, 0.6) is 0 Å². The summed E-state index contributed by atoms with van der Waals surface area (Å²) in [6.45, 7) is 7.30. The average molecular weight is 252 g/mol. The molecule has 1 unspecified atom stereocenters. The fourth-order valence-corrected chi connectivity index (χ4v) is 2.00. The monoisotopic (exact) mass is 252 g/mol. The molecular formula is C15H25FN2. The van der Waals surface area contributed by atoms with E-state index >= 15 is 0 Å². The highest BCUT2D eigenvalue weighted by Gasteiger charge is 2.16. The van der Waals surface area contributed by atoms with Crippen molar-refractivity contribution in [3.05, 3.63) is 29.6 Å². The third-order valence-corrected chi connectivity index (χ3v) is 3.34. The average Bonchev–Trinajstić information content (AvgIpc) is 2.34. The van der Waals surface area contributed by atoms with Gasteiger partial charge in [-0.05, 0) is 37.9 Å². The summed E-state index contributed by atoms with van der Waals surface area (Å²) in [5, 5.41) is 3.18. The number of hydrogen-bond acceptors (Lipinski definition) is 2. The van der Waals surface area contributed by atoms with Crippen LogP contribution in [0, 0.1) is 11.7 Å². The van der Waals surface area contributed by atoms with Crippen molar-refractivity contribution in [2.45, 2.75) is 33.2 Å². The van der Waals surface area contributed by atoms with Crippen LogP contribution in [0.1, 0.15) is 38.8 Å². The molecular weight excluding hydrogens is 227 g/mol. The molecule has 0 amide bonds. The largest absolute Gasteiger partial charge is 0.372 e. The standard InChI is InChI=1S/C15H25FN2/c1-11(2)9-10-18(5)15-13(12(3)17-4)7-6-8-14(15)16/h6-8,11-12,17H,9-10H2,1-5H3. The Balaban J connectivity index is 2.98. The molecule has 0 aliphatic rings. The zero-order valence-corrected chi connectivity index (χ0v) is 12.1. The van der Waals surface area contributed by atoms with Crippen molar-refractivity contribution in [3.8, 4) is 0 Å². The SMILES string of the molecule is CNC(C)c1cccc(F)c1N(C)CCC(C)C. The summed E-state index contributed by atoms with van der Waals surface area (Å²) in [4.78, 5) is 2.03. The first-order valence-corrected chi connectivity index (χ1v) is 6.64. The molecule has 18 heavy (non-hydrogen) atoms. The summed E-state index contributed by atoms with van der Waals surface area (Å²) < 4.78 is 14.1. The molecule has 0 aliphatic carbocycles. The number of para-hydroxylation sites is 1. The molecule has 0 aliphatic heterocycles. The molecule has 1 atom stereocenters. The maximum atomic E-state index is 14.1. The summed E-state index contributed by atoms with van der Waals surface area (Å²) in [7, 11) is 3.86. The van der Waals surface area contributed by atoms with Crippen molar-refractivity contribution in [3.63, 3.8) is 0 Å². The third kappa shape index (κ3) is 3.70. The predicted octanol–water partition coefficient (Wildman–Crippen LogP) is 3.59. The number of hydrogen-bond donors (Lipinski definition) is 1. The summed E-state index contributed by atoms with van der Waals surface area (Å²) in [6, 6.07) is 5.45. The Morgan fingerprint density at radius 2 is 1.94 bits per heavy atom. The highest BCUT2D eigenvalue weighted by Crippen LogP contribution is 2.28. The maximum Gasteiger partial charge on any atom is 0.146 e. The van der Waals surface area contributed by atoms with E-state index in [0.29, 0.717) is 5.92 Å². The Morgan fingerprint density at radius 3 is 2.50 bits per heavy atom. The number of nitrogens with zero attached hydrogens (tertiary/aromatic N) is 1. The second kappa shape index (κ2) is 6.74. The summed E-state index contributed by atoms with van der Waals surface area (Å²) >= 11 is 0. The number of nitrogens with one attached hydrogen (secondary N) is 1. The van der Waals surface area contributed by atoms with Gasteiger partial charge in [-0.3, -0.25) is 0 Å². The van der Waals surface area contributed by atoms with Crippen LogP contribution >= 0.6 is 0 Å². The molecule has 0 aromatic heterocycles. The minimum Gasteiger partial charge on any atom is -0.372 e. The highest BCUT2D eigenvalue weighted by atomic mass is 19.1. The summed E-state index contributed by atoms with van der Waals surface area (Å²) in [5.41, 5.74) is 1.74. The van der Waals surface area contributed by atoms with E-state index in [2.05, 4.69) is 26.1 Å². The van der Waals surface area contributed by atoms with Crippen molar-refractivity contribution in [1.29, 1.82) is 0 Å². The normalized spacial score (nSPS) is 12.8. The topological polar surface area (TPSA) is 15.3 Å². The van der Waals surface area contributed by atoms with E-state index in [-0.39, 0.29) is 11.9 Å². The smallest absolute Gasteiger partial charge is 0.146 e. The van der Waals surface area contributed by atoms with Crippen molar-refractivity contribution in [1.82, 2.24) is 5.32 Å². The number of rotatable bonds is 6. The molecule has 0 fully saturated rings. The molecule has 0 radical (unpaired) electrons. The van der Waals surface area contributed by atoms with Crippen LogP contribution in [-0.2, 0) is 0 Å². The van der Waals surface area contributed by atoms with Gasteiger partial charge < -0.3 is 10.2 Å². The summed E-state index contributed by atoms with van der Waals surface area (Å²) in [5.74, 6) is 0.491. The molecule has 0 heterocycles. The first-order valence-electron chi connectivity index (χ1n) is 6.64. The molecule has 2 nitrogen and oxygen atoms in total. The van der Waals surface area contributed by atoms with E-state index in [1.54, 1.807) is 6.07 Å². The molecule has 1 rings (SSSR count). The molecule has 1 aromatic rings. The second-order valence-electron chi connectivity index (χ2n) is 5.29. The first-order chi connectivity index (χ1) is 8.47. The van der Waals surface area contributed by atoms with Gasteiger partial charge in [-0.25, -0.2) is 4.39 Å². The first kappa shape index (κ1) is 15.0. The molecule has 0 saturated carbocycles. The second-order valence-corrected chi connectivity index (χ2v) is 5.29. The molecule has 0 spiro atoms. The molecule has 102 valence electrons. The van der Waals surface area contributed by atoms with Crippen molar-refractivity contribution in [2.75, 3.05) is 25.5 Å². The van der Waals surface area contributed by atoms with Crippen LogP contribution in [0.4, 0.5) is 10.1 Å². The van der Waals surface area contributed by atoms with Gasteiger partial charge in [0.2, 0.25) is 0 Å². The number of halogens is 1. The Hall–Kier alpha value is -1.09. The van der Waals surface area contributed by atoms with Crippen molar-refractivity contribution < 1.29 is 4.39 Å². The fourth-order valence-electron chi connectivity index (χ4n) is 2.00. The maximum absolute atomic E-state index is 14.1. The molecule has 1 N–H and O–H groups in total. The van der Waals surface area contributed by atoms with E-state index in [1.807, 2.05) is 25.1 Å². The number of benzene rings is 1. The Labute approximate surface area is 110 Å². The van der Waals surface area contributed by atoms with Crippen molar-refractivity contribution >= 4 is 5.69 Å². The van der Waals surface area contributed by atoms with Gasteiger partial charge in [-0.15, -0.1) is 0 Å². The molecule has 0 bridgehead atoms. The van der Waals surface area contributed by atoms with Gasteiger partial charge in [-0.1, -0.05) is 26.0 Å². The number of anilines is 1. The van der Waals surface area contributed by atoms with Crippen LogP contribution in [0.3, 0.4) is 0 Å². The Bertz CT molecular complexity index is 377. The van der Waals surface area contributed by atoms with Gasteiger partial charge in [0.1, 0.15) is 5.82 Å². The van der Waals surface area contributed by atoms with Crippen molar-refractivity contribution in [2.24, 2.45) is 5.92 Å². The zero-order valence-electron chi connectivity index (χ0n) is 12.1. The van der Waals surface area contributed by atoms with Crippen LogP contribution in [0.25, 0.3) is 0 Å². The lowest BCUT2D eigenvalue weighted by Crippen LogP contribution is -2.25. The Kier molecular flexibility index (Phi) is 5.60. The third-order valence-electron chi connectivity index (χ3n) is 3.34. The van der Waals surface area contributed by atoms with E-state index in [0.717, 1.165) is 24.2 Å². The minimum absolute atomic E-state index is 0.138. The van der Waals surface area contributed by atoms with Gasteiger partial charge in [-0.2, -0.15) is 0 Å². The zero-order chi connectivity index (χ0) is 13.7. The summed E-state index contributed by atoms with van der Waals surface area (Å²) in [6.07, 6.45) is 1.07. The lowest BCUT2D eigenvalue weighted by Gasteiger charge is -2.26. The van der Waals surface area contributed by atoms with E-state index in [9.17, 15) is 4.39 Å². The van der Waals surface area contributed by atoms with Gasteiger partial charge in [0.15, 0.2) is 0 Å². The molecule has 3 heteroatoms. The van der Waals surface area contributed by atoms with Gasteiger partial charge in [0, 0.05) is 19.6 Å². The van der Waals surface area contributed by atoms with Crippen LogP contribution < -0.4 is 10.2 Å². The lowest BCUT2D eigenvalue weighted by atomic mass is 10.0. The lowest BCUT2D eigenvalue weighted by molar-refractivity contribution is 0.567. The van der Waals surface area contributed by atoms with Gasteiger partial charge >= 0.3 is 0 Å². The van der Waals surface area contributed by atoms with E-state index in [4.69, 9.17) is 0 Å². The van der Waals surface area contributed by atoms with Crippen LogP contribution in [-0.4, -0.2) is 20.6 Å². The van der Waals surface area contributed by atoms with Crippen LogP contribution in [0.15, 0.2) is 18.2 Å². The molecule has 0 saturated heterocycles. The molecule has 1 aromatic carbocycles. The highest BCUT2D eigenvalue weighted by molar-refractivity contribution is 5.55. The predicted molar refractivity (Wildman–Crippen MR) is 76.6 cm³/mol.